The maximum Gasteiger partial charge on any atom is 0.258 e. The van der Waals surface area contributed by atoms with E-state index in [0.717, 1.165) is 28.1 Å². The Morgan fingerprint density at radius 3 is 2.37 bits per heavy atom. The lowest BCUT2D eigenvalue weighted by atomic mass is 10.0. The van der Waals surface area contributed by atoms with E-state index < -0.39 is 31.9 Å². The Labute approximate surface area is 174 Å². The van der Waals surface area contributed by atoms with Gasteiger partial charge in [0.2, 0.25) is 5.91 Å². The fraction of sp³-hybridized carbons (Fsp3) is 0.273. The summed E-state index contributed by atoms with van der Waals surface area (Å²) in [7, 11) is -2.42. The van der Waals surface area contributed by atoms with Crippen molar-refractivity contribution in [3.63, 3.8) is 0 Å². The van der Waals surface area contributed by atoms with Gasteiger partial charge in [0.1, 0.15) is 10.6 Å². The molecule has 0 saturated heterocycles. The smallest absolute Gasteiger partial charge is 0.258 e. The van der Waals surface area contributed by atoms with E-state index in [4.69, 9.17) is 0 Å². The van der Waals surface area contributed by atoms with Gasteiger partial charge in [-0.3, -0.25) is 9.59 Å². The fourth-order valence-corrected chi connectivity index (χ4v) is 4.29. The Morgan fingerprint density at radius 2 is 1.77 bits per heavy atom. The van der Waals surface area contributed by atoms with Gasteiger partial charge in [-0.25, -0.2) is 12.8 Å². The molecule has 2 aromatic carbocycles. The van der Waals surface area contributed by atoms with E-state index in [9.17, 15) is 22.4 Å². The summed E-state index contributed by atoms with van der Waals surface area (Å²) in [5.41, 5.74) is 1.24. The molecule has 0 aliphatic heterocycles. The normalized spacial score (nSPS) is 13.7. The zero-order valence-electron chi connectivity index (χ0n) is 17.0. The number of fused-ring (bicyclic) bond motifs is 1. The highest BCUT2D eigenvalue weighted by Crippen LogP contribution is 2.26. The number of halogens is 1. The van der Waals surface area contributed by atoms with Gasteiger partial charge in [0, 0.05) is 31.4 Å². The highest BCUT2D eigenvalue weighted by molar-refractivity contribution is 7.92. The van der Waals surface area contributed by atoms with E-state index >= 15 is 0 Å². The minimum absolute atomic E-state index is 0.122. The number of hydrogen-bond acceptors (Lipinski definition) is 4. The van der Waals surface area contributed by atoms with Crippen molar-refractivity contribution in [1.82, 2.24) is 9.88 Å². The number of aryl methyl sites for hydroxylation is 1. The predicted molar refractivity (Wildman–Crippen MR) is 116 cm³/mol. The van der Waals surface area contributed by atoms with E-state index in [1.165, 1.54) is 14.0 Å². The molecule has 1 heterocycles. The van der Waals surface area contributed by atoms with Crippen LogP contribution in [0.4, 0.5) is 4.39 Å². The molecule has 3 rings (SSSR count). The third-order valence-corrected chi connectivity index (χ3v) is 7.53. The van der Waals surface area contributed by atoms with Crippen LogP contribution in [0.15, 0.2) is 59.5 Å². The second-order valence-electron chi connectivity index (χ2n) is 7.43. The van der Waals surface area contributed by atoms with Crippen molar-refractivity contribution >= 4 is 26.5 Å². The SMILES string of the molecule is CNC(=O)[C@@](C)(CCn1cc(F)c2cc(-c3ccccc3)ccc2c1=O)S(C)(=O)=O. The maximum absolute atomic E-state index is 14.8. The topological polar surface area (TPSA) is 85.2 Å². The van der Waals surface area contributed by atoms with Crippen molar-refractivity contribution in [1.29, 1.82) is 0 Å². The van der Waals surface area contributed by atoms with Crippen LogP contribution in [0.2, 0.25) is 0 Å². The number of pyridine rings is 1. The van der Waals surface area contributed by atoms with Gasteiger partial charge in [0.05, 0.1) is 5.39 Å². The van der Waals surface area contributed by atoms with Gasteiger partial charge in [0.25, 0.3) is 5.56 Å². The molecule has 6 nitrogen and oxygen atoms in total. The summed E-state index contributed by atoms with van der Waals surface area (Å²) in [6.45, 7) is 1.18. The maximum atomic E-state index is 14.8. The standard InChI is InChI=1S/C22H23FN2O4S/c1-22(21(27)24-2,30(3,28)29)11-12-25-14-19(23)18-13-16(9-10-17(18)20(25)26)15-7-5-4-6-8-15/h4-10,13-14H,11-12H2,1-3H3,(H,24,27)/t22-/m1/s1. The number of nitrogens with one attached hydrogen (secondary N) is 1. The van der Waals surface area contributed by atoms with Crippen molar-refractivity contribution in [2.75, 3.05) is 13.3 Å². The van der Waals surface area contributed by atoms with Gasteiger partial charge in [-0.05, 0) is 36.6 Å². The first-order valence-corrected chi connectivity index (χ1v) is 11.3. The monoisotopic (exact) mass is 430 g/mol. The number of rotatable bonds is 6. The average Bonchev–Trinajstić information content (AvgIpc) is 2.73. The van der Waals surface area contributed by atoms with Crippen LogP contribution in [0.1, 0.15) is 13.3 Å². The number of carbonyl (C=O) groups is 1. The van der Waals surface area contributed by atoms with Crippen LogP contribution in [0.5, 0.6) is 0 Å². The van der Waals surface area contributed by atoms with E-state index in [2.05, 4.69) is 5.32 Å². The molecule has 0 fully saturated rings. The van der Waals surface area contributed by atoms with Crippen LogP contribution in [-0.4, -0.2) is 36.9 Å². The molecule has 0 spiro atoms. The number of aromatic nitrogens is 1. The van der Waals surface area contributed by atoms with Crippen LogP contribution >= 0.6 is 0 Å². The highest BCUT2D eigenvalue weighted by Gasteiger charge is 2.42. The van der Waals surface area contributed by atoms with Crippen molar-refractivity contribution < 1.29 is 17.6 Å². The Kier molecular flexibility index (Phi) is 5.81. The Balaban J connectivity index is 2.01. The van der Waals surface area contributed by atoms with E-state index in [1.807, 2.05) is 30.3 Å². The summed E-state index contributed by atoms with van der Waals surface area (Å²) in [6, 6.07) is 14.3. The van der Waals surface area contributed by atoms with Gasteiger partial charge in [-0.15, -0.1) is 0 Å². The molecule has 1 atom stereocenters. The van der Waals surface area contributed by atoms with Gasteiger partial charge >= 0.3 is 0 Å². The minimum atomic E-state index is -3.77. The first-order valence-electron chi connectivity index (χ1n) is 9.38. The summed E-state index contributed by atoms with van der Waals surface area (Å²) >= 11 is 0. The molecule has 1 N–H and O–H groups in total. The number of hydrogen-bond donors (Lipinski definition) is 1. The second kappa shape index (κ2) is 8.02. The van der Waals surface area contributed by atoms with Crippen LogP contribution < -0.4 is 10.9 Å². The average molecular weight is 431 g/mol. The fourth-order valence-electron chi connectivity index (χ4n) is 3.39. The molecule has 0 aliphatic rings. The minimum Gasteiger partial charge on any atom is -0.358 e. The second-order valence-corrected chi connectivity index (χ2v) is 9.88. The van der Waals surface area contributed by atoms with E-state index in [0.29, 0.717) is 0 Å². The summed E-state index contributed by atoms with van der Waals surface area (Å²) in [5, 5.41) is 2.73. The molecule has 3 aromatic rings. The van der Waals surface area contributed by atoms with Gasteiger partial charge in [0.15, 0.2) is 9.84 Å². The lowest BCUT2D eigenvalue weighted by Gasteiger charge is -2.26. The van der Waals surface area contributed by atoms with Gasteiger partial charge in [-0.2, -0.15) is 0 Å². The summed E-state index contributed by atoms with van der Waals surface area (Å²) in [6.07, 6.45) is 1.86. The molecule has 0 saturated carbocycles. The Morgan fingerprint density at radius 1 is 1.10 bits per heavy atom. The molecular formula is C22H23FN2O4S. The summed E-state index contributed by atoms with van der Waals surface area (Å²) < 4.78 is 38.6. The predicted octanol–water partition coefficient (Wildman–Crippen LogP) is 2.75. The summed E-state index contributed by atoms with van der Waals surface area (Å²) in [4.78, 5) is 25.1. The number of benzene rings is 2. The molecular weight excluding hydrogens is 407 g/mol. The number of amides is 1. The Bertz CT molecular complexity index is 1270. The van der Waals surface area contributed by atoms with Gasteiger partial charge < -0.3 is 9.88 Å². The lowest BCUT2D eigenvalue weighted by Crippen LogP contribution is -2.49. The van der Waals surface area contributed by atoms with E-state index in [-0.39, 0.29) is 23.7 Å². The first-order chi connectivity index (χ1) is 14.1. The third kappa shape index (κ3) is 3.87. The van der Waals surface area contributed by atoms with Crippen molar-refractivity contribution in [3.05, 3.63) is 70.9 Å². The number of nitrogens with zero attached hydrogens (tertiary/aromatic N) is 1. The first kappa shape index (κ1) is 21.7. The van der Waals surface area contributed by atoms with E-state index in [1.54, 1.807) is 18.2 Å². The number of carbonyl (C=O) groups excluding carboxylic acids is 1. The lowest BCUT2D eigenvalue weighted by molar-refractivity contribution is -0.123. The molecule has 1 amide bonds. The zero-order chi connectivity index (χ0) is 22.1. The van der Waals surface area contributed by atoms with Crippen LogP contribution in [0, 0.1) is 5.82 Å². The van der Waals surface area contributed by atoms with Crippen LogP contribution in [0.3, 0.4) is 0 Å². The zero-order valence-corrected chi connectivity index (χ0v) is 17.8. The number of sulfone groups is 1. The molecule has 0 radical (unpaired) electrons. The molecule has 0 unspecified atom stereocenters. The van der Waals surface area contributed by atoms with Crippen LogP contribution in [0.25, 0.3) is 21.9 Å². The molecule has 0 aliphatic carbocycles. The third-order valence-electron chi connectivity index (χ3n) is 5.50. The largest absolute Gasteiger partial charge is 0.358 e. The summed E-state index contributed by atoms with van der Waals surface area (Å²) in [5.74, 6) is -1.27. The van der Waals surface area contributed by atoms with Crippen LogP contribution in [-0.2, 0) is 21.2 Å². The van der Waals surface area contributed by atoms with Crippen molar-refractivity contribution in [2.24, 2.45) is 0 Å². The molecule has 8 heteroatoms. The molecule has 0 bridgehead atoms. The Hall–Kier alpha value is -3.00. The van der Waals surface area contributed by atoms with Gasteiger partial charge in [-0.1, -0.05) is 36.4 Å². The molecule has 158 valence electrons. The molecule has 30 heavy (non-hydrogen) atoms. The molecule has 1 aromatic heterocycles. The van der Waals surface area contributed by atoms with Crippen molar-refractivity contribution in [2.45, 2.75) is 24.6 Å². The quantitative estimate of drug-likeness (QED) is 0.652. The van der Waals surface area contributed by atoms with Crippen molar-refractivity contribution in [3.8, 4) is 11.1 Å². The highest BCUT2D eigenvalue weighted by atomic mass is 32.2.